The van der Waals surface area contributed by atoms with Gasteiger partial charge in [0.05, 0.1) is 6.10 Å². The zero-order valence-electron chi connectivity index (χ0n) is 11.4. The normalized spacial score (nSPS) is 23.7. The summed E-state index contributed by atoms with van der Waals surface area (Å²) in [5.41, 5.74) is 0. The molecule has 1 unspecified atom stereocenters. The molecule has 4 nitrogen and oxygen atoms in total. The second-order valence-electron chi connectivity index (χ2n) is 5.60. The van der Waals surface area contributed by atoms with Gasteiger partial charge in [0.25, 0.3) is 0 Å². The van der Waals surface area contributed by atoms with E-state index in [4.69, 9.17) is 4.74 Å². The molecule has 0 radical (unpaired) electrons. The van der Waals surface area contributed by atoms with Gasteiger partial charge in [0, 0.05) is 32.0 Å². The molecular weight excluding hydrogens is 258 g/mol. The molecule has 1 aliphatic heterocycles. The minimum Gasteiger partial charge on any atom is -0.378 e. The molecule has 1 aliphatic carbocycles. The van der Waals surface area contributed by atoms with E-state index in [9.17, 15) is 0 Å². The molecule has 0 bridgehead atoms. The zero-order chi connectivity index (χ0) is 12.9. The molecule has 3 rings (SSSR count). The highest BCUT2D eigenvalue weighted by Gasteiger charge is 2.20. The van der Waals surface area contributed by atoms with Gasteiger partial charge in [0.15, 0.2) is 0 Å². The van der Waals surface area contributed by atoms with Crippen LogP contribution < -0.4 is 5.32 Å². The molecule has 2 fully saturated rings. The smallest absolute Gasteiger partial charge is 0.118 e. The Bertz CT molecular complexity index is 386. The topological polar surface area (TPSA) is 47.0 Å². The van der Waals surface area contributed by atoms with Crippen molar-refractivity contribution in [2.45, 2.75) is 63.5 Å². The first-order chi connectivity index (χ1) is 9.40. The van der Waals surface area contributed by atoms with E-state index in [1.54, 1.807) is 11.3 Å². The Kier molecular flexibility index (Phi) is 4.80. The highest BCUT2D eigenvalue weighted by Crippen LogP contribution is 2.20. The molecule has 106 valence electrons. The maximum Gasteiger partial charge on any atom is 0.118 e. The number of nitrogens with one attached hydrogen (secondary N) is 1. The third-order valence-electron chi connectivity index (χ3n) is 3.81. The first kappa shape index (κ1) is 13.5. The first-order valence-electron chi connectivity index (χ1n) is 7.56. The molecule has 1 saturated heterocycles. The minimum atomic E-state index is 0.456. The van der Waals surface area contributed by atoms with Crippen molar-refractivity contribution in [3.63, 3.8) is 0 Å². The van der Waals surface area contributed by atoms with Crippen LogP contribution in [0.1, 0.15) is 48.5 Å². The molecule has 0 amide bonds. The Hall–Kier alpha value is -0.520. The number of nitrogens with zero attached hydrogens (tertiary/aromatic N) is 2. The van der Waals surface area contributed by atoms with E-state index in [2.05, 4.69) is 15.5 Å². The van der Waals surface area contributed by atoms with Crippen LogP contribution in [-0.4, -0.2) is 35.5 Å². The first-order valence-corrected chi connectivity index (χ1v) is 8.38. The summed E-state index contributed by atoms with van der Waals surface area (Å²) in [6.45, 7) is 1.99. The molecule has 1 N–H and O–H groups in total. The lowest BCUT2D eigenvalue weighted by Gasteiger charge is -2.21. The van der Waals surface area contributed by atoms with E-state index in [-0.39, 0.29) is 0 Å². The number of hydrogen-bond acceptors (Lipinski definition) is 5. The van der Waals surface area contributed by atoms with Crippen LogP contribution >= 0.6 is 11.3 Å². The Morgan fingerprint density at radius 2 is 1.95 bits per heavy atom. The van der Waals surface area contributed by atoms with Crippen LogP contribution in [0.3, 0.4) is 0 Å². The summed E-state index contributed by atoms with van der Waals surface area (Å²) < 4.78 is 5.75. The Morgan fingerprint density at radius 1 is 1.11 bits per heavy atom. The van der Waals surface area contributed by atoms with E-state index < -0.39 is 0 Å². The fourth-order valence-corrected chi connectivity index (χ4v) is 3.34. The maximum absolute atomic E-state index is 5.75. The van der Waals surface area contributed by atoms with Crippen LogP contribution in [0.4, 0.5) is 0 Å². The molecule has 1 saturated carbocycles. The highest BCUT2D eigenvalue weighted by molar-refractivity contribution is 7.11. The van der Waals surface area contributed by atoms with Gasteiger partial charge in [-0.2, -0.15) is 0 Å². The predicted octanol–water partition coefficient (Wildman–Crippen LogP) is 2.33. The van der Waals surface area contributed by atoms with Crippen molar-refractivity contribution in [3.8, 4) is 0 Å². The van der Waals surface area contributed by atoms with Crippen LogP contribution in [0.5, 0.6) is 0 Å². The van der Waals surface area contributed by atoms with Gasteiger partial charge in [-0.1, -0.05) is 0 Å². The van der Waals surface area contributed by atoms with E-state index in [1.165, 1.54) is 42.1 Å². The van der Waals surface area contributed by atoms with Crippen LogP contribution in [0.2, 0.25) is 0 Å². The standard InChI is InChI=1S/C14H23N3OS/c1-2-10-18-12(3-1)6-7-13-16-17-14(19-13)8-9-15-11-4-5-11/h11-12,15H,1-10H2. The van der Waals surface area contributed by atoms with Gasteiger partial charge in [-0.25, -0.2) is 0 Å². The van der Waals surface area contributed by atoms with Gasteiger partial charge in [-0.05, 0) is 38.5 Å². The molecule has 1 aromatic heterocycles. The third kappa shape index (κ3) is 4.51. The van der Waals surface area contributed by atoms with E-state index in [1.807, 2.05) is 0 Å². The lowest BCUT2D eigenvalue weighted by atomic mass is 10.1. The Labute approximate surface area is 119 Å². The predicted molar refractivity (Wildman–Crippen MR) is 76.5 cm³/mol. The van der Waals surface area contributed by atoms with Crippen molar-refractivity contribution < 1.29 is 4.74 Å². The number of aromatic nitrogens is 2. The average molecular weight is 281 g/mol. The molecule has 1 atom stereocenters. The molecule has 5 heteroatoms. The molecule has 2 aliphatic rings. The molecule has 1 aromatic rings. The largest absolute Gasteiger partial charge is 0.378 e. The fraction of sp³-hybridized carbons (Fsp3) is 0.857. The molecule has 0 spiro atoms. The van der Waals surface area contributed by atoms with E-state index in [0.717, 1.165) is 38.5 Å². The summed E-state index contributed by atoms with van der Waals surface area (Å²) in [6.07, 6.45) is 10.1. The monoisotopic (exact) mass is 281 g/mol. The minimum absolute atomic E-state index is 0.456. The average Bonchev–Trinajstić information content (AvgIpc) is 3.16. The van der Waals surface area contributed by atoms with Crippen LogP contribution in [0.25, 0.3) is 0 Å². The van der Waals surface area contributed by atoms with Gasteiger partial charge >= 0.3 is 0 Å². The van der Waals surface area contributed by atoms with E-state index in [0.29, 0.717) is 6.10 Å². The Morgan fingerprint density at radius 3 is 2.68 bits per heavy atom. The zero-order valence-corrected chi connectivity index (χ0v) is 12.3. The molecule has 19 heavy (non-hydrogen) atoms. The molecule has 2 heterocycles. The maximum atomic E-state index is 5.75. The second kappa shape index (κ2) is 6.77. The van der Waals surface area contributed by atoms with Crippen molar-refractivity contribution in [3.05, 3.63) is 10.0 Å². The SMILES string of the molecule is C1CCC(CCc2nnc(CCNC3CC3)s2)OC1. The van der Waals surface area contributed by atoms with Crippen molar-refractivity contribution in [2.24, 2.45) is 0 Å². The summed E-state index contributed by atoms with van der Waals surface area (Å²) in [5.74, 6) is 0. The number of hydrogen-bond donors (Lipinski definition) is 1. The van der Waals surface area contributed by atoms with Gasteiger partial charge in [-0.15, -0.1) is 21.5 Å². The Balaban J connectivity index is 1.36. The summed E-state index contributed by atoms with van der Waals surface area (Å²) in [6, 6.07) is 0.788. The summed E-state index contributed by atoms with van der Waals surface area (Å²) >= 11 is 1.78. The molecule has 0 aromatic carbocycles. The molecular formula is C14H23N3OS. The number of rotatable bonds is 7. The fourth-order valence-electron chi connectivity index (χ4n) is 2.48. The van der Waals surface area contributed by atoms with Crippen molar-refractivity contribution in [1.29, 1.82) is 0 Å². The van der Waals surface area contributed by atoms with Crippen molar-refractivity contribution in [2.75, 3.05) is 13.2 Å². The van der Waals surface area contributed by atoms with Gasteiger partial charge in [0.2, 0.25) is 0 Å². The third-order valence-corrected chi connectivity index (χ3v) is 4.85. The summed E-state index contributed by atoms with van der Waals surface area (Å²) in [4.78, 5) is 0. The second-order valence-corrected chi connectivity index (χ2v) is 6.74. The number of aryl methyl sites for hydroxylation is 1. The van der Waals surface area contributed by atoms with Crippen LogP contribution in [0, 0.1) is 0 Å². The highest BCUT2D eigenvalue weighted by atomic mass is 32.1. The lowest BCUT2D eigenvalue weighted by Crippen LogP contribution is -2.19. The van der Waals surface area contributed by atoms with Gasteiger partial charge in [-0.3, -0.25) is 0 Å². The van der Waals surface area contributed by atoms with Crippen LogP contribution in [-0.2, 0) is 17.6 Å². The lowest BCUT2D eigenvalue weighted by molar-refractivity contribution is 0.0115. The van der Waals surface area contributed by atoms with Crippen molar-refractivity contribution in [1.82, 2.24) is 15.5 Å². The van der Waals surface area contributed by atoms with Gasteiger partial charge in [0.1, 0.15) is 10.0 Å². The van der Waals surface area contributed by atoms with Gasteiger partial charge < -0.3 is 10.1 Å². The van der Waals surface area contributed by atoms with Crippen LogP contribution in [0.15, 0.2) is 0 Å². The number of ether oxygens (including phenoxy) is 1. The quantitative estimate of drug-likeness (QED) is 0.833. The summed E-state index contributed by atoms with van der Waals surface area (Å²) in [7, 11) is 0. The van der Waals surface area contributed by atoms with Crippen molar-refractivity contribution >= 4 is 11.3 Å². The summed E-state index contributed by atoms with van der Waals surface area (Å²) in [5, 5.41) is 14.5. The van der Waals surface area contributed by atoms with E-state index >= 15 is 0 Å².